The summed E-state index contributed by atoms with van der Waals surface area (Å²) >= 11 is 6.08. The molecule has 0 saturated heterocycles. The lowest BCUT2D eigenvalue weighted by Gasteiger charge is -2.09. The fourth-order valence-corrected chi connectivity index (χ4v) is 1.98. The van der Waals surface area contributed by atoms with Crippen LogP contribution in [-0.2, 0) is 13.2 Å². The lowest BCUT2D eigenvalue weighted by atomic mass is 10.1. The second-order valence-electron chi connectivity index (χ2n) is 4.12. The summed E-state index contributed by atoms with van der Waals surface area (Å²) in [6, 6.07) is 5.03. The van der Waals surface area contributed by atoms with E-state index in [-0.39, 0.29) is 5.78 Å². The average molecular weight is 279 g/mol. The number of carbonyl (C=O) groups is 1. The van der Waals surface area contributed by atoms with Crippen LogP contribution in [0.3, 0.4) is 0 Å². The number of carbonyl (C=O) groups excluding carboxylic acids is 1. The highest BCUT2D eigenvalue weighted by Crippen LogP contribution is 2.26. The van der Waals surface area contributed by atoms with Gasteiger partial charge in [-0.2, -0.15) is 0 Å². The third-order valence-corrected chi connectivity index (χ3v) is 3.13. The van der Waals surface area contributed by atoms with E-state index in [1.165, 1.54) is 6.92 Å². The van der Waals surface area contributed by atoms with Crippen molar-refractivity contribution in [2.75, 3.05) is 0 Å². The second kappa shape index (κ2) is 5.89. The molecule has 0 unspecified atom stereocenters. The zero-order chi connectivity index (χ0) is 13.8. The molecule has 0 N–H and O–H groups in total. The van der Waals surface area contributed by atoms with E-state index >= 15 is 0 Å². The van der Waals surface area contributed by atoms with E-state index in [0.717, 1.165) is 12.4 Å². The molecule has 0 fully saturated rings. The van der Waals surface area contributed by atoms with Crippen LogP contribution in [0, 0.1) is 0 Å². The molecule has 19 heavy (non-hydrogen) atoms. The van der Waals surface area contributed by atoms with Gasteiger partial charge in [0.15, 0.2) is 5.78 Å². The molecule has 0 amide bonds. The molecule has 4 nitrogen and oxygen atoms in total. The Balaban J connectivity index is 2.10. The van der Waals surface area contributed by atoms with Crippen molar-refractivity contribution in [3.8, 4) is 5.75 Å². The molecule has 0 aliphatic carbocycles. The first-order valence-electron chi connectivity index (χ1n) is 6.05. The Labute approximate surface area is 117 Å². The van der Waals surface area contributed by atoms with Crippen molar-refractivity contribution < 1.29 is 9.53 Å². The van der Waals surface area contributed by atoms with E-state index in [0.29, 0.717) is 22.9 Å². The number of Topliss-reactive ketones (excluding diaryl/α,β-unsaturated/α-hetero) is 1. The molecule has 1 aromatic carbocycles. The Hall–Kier alpha value is -1.81. The number of ether oxygens (including phenoxy) is 1. The highest BCUT2D eigenvalue weighted by molar-refractivity contribution is 6.32. The average Bonchev–Trinajstić information content (AvgIpc) is 2.84. The smallest absolute Gasteiger partial charge is 0.159 e. The maximum Gasteiger partial charge on any atom is 0.159 e. The van der Waals surface area contributed by atoms with Crippen LogP contribution in [-0.4, -0.2) is 15.3 Å². The number of aryl methyl sites for hydroxylation is 1. The first kappa shape index (κ1) is 13.6. The SMILES string of the molecule is CCn1ccnc1COc1ccc(C(C)=O)cc1Cl. The van der Waals surface area contributed by atoms with Crippen LogP contribution in [0.4, 0.5) is 0 Å². The Morgan fingerprint density at radius 3 is 2.89 bits per heavy atom. The number of rotatable bonds is 5. The van der Waals surface area contributed by atoms with Crippen molar-refractivity contribution >= 4 is 17.4 Å². The number of hydrogen-bond acceptors (Lipinski definition) is 3. The number of imidazole rings is 1. The van der Waals surface area contributed by atoms with Gasteiger partial charge in [0.2, 0.25) is 0 Å². The summed E-state index contributed by atoms with van der Waals surface area (Å²) in [4.78, 5) is 15.4. The molecule has 0 aliphatic heterocycles. The highest BCUT2D eigenvalue weighted by Gasteiger charge is 2.08. The van der Waals surface area contributed by atoms with Gasteiger partial charge in [0, 0.05) is 24.5 Å². The Morgan fingerprint density at radius 2 is 2.26 bits per heavy atom. The van der Waals surface area contributed by atoms with Gasteiger partial charge in [-0.25, -0.2) is 4.98 Å². The molecule has 0 spiro atoms. The topological polar surface area (TPSA) is 44.1 Å². The van der Waals surface area contributed by atoms with Crippen LogP contribution in [0.5, 0.6) is 5.75 Å². The van der Waals surface area contributed by atoms with E-state index in [9.17, 15) is 4.79 Å². The summed E-state index contributed by atoms with van der Waals surface area (Å²) in [7, 11) is 0. The fourth-order valence-electron chi connectivity index (χ4n) is 1.75. The molecule has 0 aliphatic rings. The van der Waals surface area contributed by atoms with E-state index < -0.39 is 0 Å². The van der Waals surface area contributed by atoms with Gasteiger partial charge >= 0.3 is 0 Å². The molecule has 2 rings (SSSR count). The van der Waals surface area contributed by atoms with E-state index in [1.54, 1.807) is 24.4 Å². The van der Waals surface area contributed by atoms with Gasteiger partial charge in [0.1, 0.15) is 18.2 Å². The molecule has 0 radical (unpaired) electrons. The van der Waals surface area contributed by atoms with E-state index in [1.807, 2.05) is 17.7 Å². The molecular formula is C14H15ClN2O2. The van der Waals surface area contributed by atoms with E-state index in [4.69, 9.17) is 16.3 Å². The Morgan fingerprint density at radius 1 is 1.47 bits per heavy atom. The third-order valence-electron chi connectivity index (χ3n) is 2.84. The van der Waals surface area contributed by atoms with Gasteiger partial charge < -0.3 is 9.30 Å². The molecule has 0 bridgehead atoms. The van der Waals surface area contributed by atoms with Crippen molar-refractivity contribution in [2.45, 2.75) is 27.0 Å². The van der Waals surface area contributed by atoms with Gasteiger partial charge in [-0.05, 0) is 32.0 Å². The molecular weight excluding hydrogens is 264 g/mol. The summed E-state index contributed by atoms with van der Waals surface area (Å²) in [5.41, 5.74) is 0.576. The standard InChI is InChI=1S/C14H15ClN2O2/c1-3-17-7-6-16-14(17)9-19-13-5-4-11(10(2)18)8-12(13)15/h4-8H,3,9H2,1-2H3. The van der Waals surface area contributed by atoms with Gasteiger partial charge in [0.05, 0.1) is 5.02 Å². The second-order valence-corrected chi connectivity index (χ2v) is 4.53. The van der Waals surface area contributed by atoms with Crippen LogP contribution in [0.2, 0.25) is 5.02 Å². The van der Waals surface area contributed by atoms with Gasteiger partial charge in [-0.1, -0.05) is 11.6 Å². The van der Waals surface area contributed by atoms with Crippen molar-refractivity contribution in [3.63, 3.8) is 0 Å². The molecule has 2 aromatic rings. The quantitative estimate of drug-likeness (QED) is 0.788. The molecule has 100 valence electrons. The predicted molar refractivity (Wildman–Crippen MR) is 73.7 cm³/mol. The number of nitrogens with zero attached hydrogens (tertiary/aromatic N) is 2. The maximum absolute atomic E-state index is 11.2. The monoisotopic (exact) mass is 278 g/mol. The molecule has 1 aromatic heterocycles. The maximum atomic E-state index is 11.2. The van der Waals surface area contributed by atoms with Crippen molar-refractivity contribution in [2.24, 2.45) is 0 Å². The number of benzene rings is 1. The molecule has 5 heteroatoms. The summed E-state index contributed by atoms with van der Waals surface area (Å²) in [6.07, 6.45) is 3.64. The Bertz CT molecular complexity index is 593. The summed E-state index contributed by atoms with van der Waals surface area (Å²) < 4.78 is 7.63. The first-order valence-corrected chi connectivity index (χ1v) is 6.43. The number of ketones is 1. The lowest BCUT2D eigenvalue weighted by molar-refractivity contribution is 0.101. The van der Waals surface area contributed by atoms with E-state index in [2.05, 4.69) is 4.98 Å². The minimum absolute atomic E-state index is 0.0185. The molecule has 1 heterocycles. The predicted octanol–water partition coefficient (Wildman–Crippen LogP) is 3.34. The minimum Gasteiger partial charge on any atom is -0.484 e. The van der Waals surface area contributed by atoms with Crippen LogP contribution < -0.4 is 4.74 Å². The minimum atomic E-state index is -0.0185. The van der Waals surface area contributed by atoms with Gasteiger partial charge in [-0.3, -0.25) is 4.79 Å². The summed E-state index contributed by atoms with van der Waals surface area (Å²) in [5, 5.41) is 0.433. The Kier molecular flexibility index (Phi) is 4.22. The van der Waals surface area contributed by atoms with Crippen molar-refractivity contribution in [1.29, 1.82) is 0 Å². The van der Waals surface area contributed by atoms with Gasteiger partial charge in [-0.15, -0.1) is 0 Å². The molecule has 0 atom stereocenters. The largest absolute Gasteiger partial charge is 0.484 e. The zero-order valence-electron chi connectivity index (χ0n) is 10.9. The summed E-state index contributed by atoms with van der Waals surface area (Å²) in [5.74, 6) is 1.38. The van der Waals surface area contributed by atoms with Crippen molar-refractivity contribution in [3.05, 3.63) is 47.0 Å². The van der Waals surface area contributed by atoms with Crippen LogP contribution in [0.25, 0.3) is 0 Å². The normalized spacial score (nSPS) is 10.5. The summed E-state index contributed by atoms with van der Waals surface area (Å²) in [6.45, 7) is 4.74. The third kappa shape index (κ3) is 3.15. The highest BCUT2D eigenvalue weighted by atomic mass is 35.5. The van der Waals surface area contributed by atoms with Crippen molar-refractivity contribution in [1.82, 2.24) is 9.55 Å². The fraction of sp³-hybridized carbons (Fsp3) is 0.286. The van der Waals surface area contributed by atoms with Crippen LogP contribution in [0.15, 0.2) is 30.6 Å². The van der Waals surface area contributed by atoms with Gasteiger partial charge in [0.25, 0.3) is 0 Å². The van der Waals surface area contributed by atoms with Crippen LogP contribution >= 0.6 is 11.6 Å². The first-order chi connectivity index (χ1) is 9.11. The number of halogens is 1. The zero-order valence-corrected chi connectivity index (χ0v) is 11.6. The van der Waals surface area contributed by atoms with Crippen LogP contribution in [0.1, 0.15) is 30.0 Å². The lowest BCUT2D eigenvalue weighted by Crippen LogP contribution is -2.05. The number of hydrogen-bond donors (Lipinski definition) is 0. The molecule has 0 saturated carbocycles. The number of aromatic nitrogens is 2.